The van der Waals surface area contributed by atoms with Gasteiger partial charge in [0.1, 0.15) is 11.3 Å². The normalized spacial score (nSPS) is 11.8. The van der Waals surface area contributed by atoms with E-state index in [9.17, 15) is 9.90 Å². The number of carboxylic acids is 1. The minimum atomic E-state index is -1.16. The molecular weight excluding hydrogens is 448 g/mol. The molecule has 35 heavy (non-hydrogen) atoms. The second kappa shape index (κ2) is 8.05. The molecule has 0 radical (unpaired) electrons. The highest BCUT2D eigenvalue weighted by atomic mass is 16.5. The zero-order valence-electron chi connectivity index (χ0n) is 19.7. The van der Waals surface area contributed by atoms with Gasteiger partial charge < -0.3 is 19.5 Å². The van der Waals surface area contributed by atoms with E-state index in [1.165, 1.54) is 6.07 Å². The molecule has 9 heteroatoms. The van der Waals surface area contributed by atoms with E-state index in [-0.39, 0.29) is 17.0 Å². The van der Waals surface area contributed by atoms with Gasteiger partial charge in [-0.2, -0.15) is 5.10 Å². The number of carboxylic acid groups (broad SMARTS) is 1. The maximum Gasteiger partial charge on any atom is 0.358 e. The molecule has 0 bridgehead atoms. The van der Waals surface area contributed by atoms with E-state index < -0.39 is 5.97 Å². The van der Waals surface area contributed by atoms with Gasteiger partial charge >= 0.3 is 5.97 Å². The van der Waals surface area contributed by atoms with Crippen LogP contribution in [0.1, 0.15) is 37.0 Å². The van der Waals surface area contributed by atoms with Gasteiger partial charge in [-0.25, -0.2) is 4.79 Å². The minimum Gasteiger partial charge on any atom is -0.496 e. The third-order valence-corrected chi connectivity index (χ3v) is 5.87. The van der Waals surface area contributed by atoms with Crippen LogP contribution in [0.5, 0.6) is 11.6 Å². The quantitative estimate of drug-likeness (QED) is 0.313. The molecule has 5 aromatic rings. The van der Waals surface area contributed by atoms with Crippen LogP contribution in [0.4, 0.5) is 0 Å². The molecule has 2 aromatic carbocycles. The standard InChI is InChI=1S/C26H24N4O5/c1-26(2,3)23-20-21(27-28-23)24(31)30(22(20)16-7-5-6-8-18(16)34-4)15-11-9-14(10-12-15)19-13-17(25(32)33)29-35-19/h5-13,27,31H,1-4H3,(H,32,33). The lowest BCUT2D eigenvalue weighted by atomic mass is 9.89. The first kappa shape index (κ1) is 22.3. The number of carbonyl (C=O) groups is 1. The number of aromatic carboxylic acids is 1. The number of rotatable bonds is 5. The van der Waals surface area contributed by atoms with Crippen LogP contribution in [0.25, 0.3) is 39.2 Å². The van der Waals surface area contributed by atoms with E-state index in [0.717, 1.165) is 22.3 Å². The van der Waals surface area contributed by atoms with Gasteiger partial charge in [0.25, 0.3) is 0 Å². The predicted octanol–water partition coefficient (Wildman–Crippen LogP) is 5.39. The number of methoxy groups -OCH3 is 1. The number of aromatic hydroxyl groups is 1. The summed E-state index contributed by atoms with van der Waals surface area (Å²) in [5.74, 6) is -0.145. The number of fused-ring (bicyclic) bond motifs is 1. The average Bonchev–Trinajstić information content (AvgIpc) is 3.55. The molecule has 0 saturated heterocycles. The number of H-pyrrole nitrogens is 1. The highest BCUT2D eigenvalue weighted by Gasteiger charge is 2.30. The van der Waals surface area contributed by atoms with Crippen LogP contribution < -0.4 is 4.74 Å². The van der Waals surface area contributed by atoms with Crippen LogP contribution in [0.15, 0.2) is 59.1 Å². The molecule has 9 nitrogen and oxygen atoms in total. The fourth-order valence-corrected chi connectivity index (χ4v) is 4.24. The second-order valence-electron chi connectivity index (χ2n) is 9.21. The van der Waals surface area contributed by atoms with Crippen LogP contribution in [0, 0.1) is 0 Å². The molecule has 178 valence electrons. The van der Waals surface area contributed by atoms with Crippen molar-refractivity contribution in [1.82, 2.24) is 19.9 Å². The number of aromatic amines is 1. The lowest BCUT2D eigenvalue weighted by Gasteiger charge is -2.18. The molecule has 0 amide bonds. The van der Waals surface area contributed by atoms with Crippen molar-refractivity contribution in [2.45, 2.75) is 26.2 Å². The van der Waals surface area contributed by atoms with E-state index in [4.69, 9.17) is 14.4 Å². The topological polar surface area (TPSA) is 126 Å². The van der Waals surface area contributed by atoms with Crippen molar-refractivity contribution in [2.75, 3.05) is 7.11 Å². The fraction of sp³-hybridized carbons (Fsp3) is 0.192. The molecular formula is C26H24N4O5. The molecule has 3 heterocycles. The predicted molar refractivity (Wildman–Crippen MR) is 130 cm³/mol. The summed E-state index contributed by atoms with van der Waals surface area (Å²) < 4.78 is 12.6. The van der Waals surface area contributed by atoms with Gasteiger partial charge in [-0.15, -0.1) is 0 Å². The summed E-state index contributed by atoms with van der Waals surface area (Å²) in [4.78, 5) is 11.1. The average molecular weight is 473 g/mol. The number of benzene rings is 2. The maximum atomic E-state index is 11.3. The minimum absolute atomic E-state index is 0.0180. The van der Waals surface area contributed by atoms with Gasteiger partial charge in [0.15, 0.2) is 11.5 Å². The highest BCUT2D eigenvalue weighted by molar-refractivity contribution is 6.02. The summed E-state index contributed by atoms with van der Waals surface area (Å²) in [5, 5.41) is 32.4. The van der Waals surface area contributed by atoms with E-state index in [1.807, 2.05) is 36.4 Å². The lowest BCUT2D eigenvalue weighted by Crippen LogP contribution is -2.12. The molecule has 3 N–H and O–H groups in total. The Balaban J connectivity index is 1.74. The van der Waals surface area contributed by atoms with E-state index in [0.29, 0.717) is 28.3 Å². The van der Waals surface area contributed by atoms with E-state index in [1.54, 1.807) is 23.8 Å². The fourth-order valence-electron chi connectivity index (χ4n) is 4.24. The van der Waals surface area contributed by atoms with Crippen molar-refractivity contribution in [1.29, 1.82) is 0 Å². The number of hydrogen-bond donors (Lipinski definition) is 3. The summed E-state index contributed by atoms with van der Waals surface area (Å²) in [6, 6.07) is 16.2. The Hall–Kier alpha value is -4.53. The first-order valence-corrected chi connectivity index (χ1v) is 11.0. The summed E-state index contributed by atoms with van der Waals surface area (Å²) in [6.07, 6.45) is 0. The van der Waals surface area contributed by atoms with Crippen molar-refractivity contribution in [3.63, 3.8) is 0 Å². The molecule has 0 aliphatic rings. The Bertz CT molecular complexity index is 1550. The Morgan fingerprint density at radius 1 is 1.11 bits per heavy atom. The van der Waals surface area contributed by atoms with Gasteiger partial charge in [-0.3, -0.25) is 9.67 Å². The summed E-state index contributed by atoms with van der Waals surface area (Å²) in [5.41, 5.74) is 3.79. The molecule has 0 atom stereocenters. The van der Waals surface area contributed by atoms with Crippen molar-refractivity contribution >= 4 is 16.9 Å². The van der Waals surface area contributed by atoms with Crippen molar-refractivity contribution < 1.29 is 24.3 Å². The highest BCUT2D eigenvalue weighted by Crippen LogP contribution is 2.46. The molecule has 5 rings (SSSR count). The SMILES string of the molecule is COc1ccccc1-c1c2c(C(C)(C)C)n[nH]c2c(O)n1-c1ccc(-c2cc(C(=O)O)no2)cc1. The summed E-state index contributed by atoms with van der Waals surface area (Å²) in [7, 11) is 1.61. The van der Waals surface area contributed by atoms with Gasteiger partial charge in [-0.1, -0.05) is 38.1 Å². The van der Waals surface area contributed by atoms with Crippen molar-refractivity contribution in [2.24, 2.45) is 0 Å². The zero-order chi connectivity index (χ0) is 24.9. The van der Waals surface area contributed by atoms with Gasteiger partial charge in [0.2, 0.25) is 5.88 Å². The van der Waals surface area contributed by atoms with E-state index in [2.05, 4.69) is 36.1 Å². The Morgan fingerprint density at radius 2 is 1.83 bits per heavy atom. The van der Waals surface area contributed by atoms with Crippen LogP contribution in [0.2, 0.25) is 0 Å². The molecule has 0 aliphatic heterocycles. The smallest absolute Gasteiger partial charge is 0.358 e. The number of nitrogens with zero attached hydrogens (tertiary/aromatic N) is 3. The lowest BCUT2D eigenvalue weighted by molar-refractivity contribution is 0.0686. The number of para-hydroxylation sites is 1. The van der Waals surface area contributed by atoms with Crippen molar-refractivity contribution in [3.05, 3.63) is 66.0 Å². The van der Waals surface area contributed by atoms with Crippen LogP contribution in [-0.4, -0.2) is 43.2 Å². The Labute approximate surface area is 200 Å². The third kappa shape index (κ3) is 3.61. The molecule has 0 unspecified atom stereocenters. The van der Waals surface area contributed by atoms with Crippen LogP contribution in [-0.2, 0) is 5.41 Å². The van der Waals surface area contributed by atoms with Gasteiger partial charge in [0.05, 0.1) is 23.9 Å². The van der Waals surface area contributed by atoms with Crippen LogP contribution >= 0.6 is 0 Å². The number of ether oxygens (including phenoxy) is 1. The third-order valence-electron chi connectivity index (χ3n) is 5.87. The Morgan fingerprint density at radius 3 is 2.46 bits per heavy atom. The monoisotopic (exact) mass is 472 g/mol. The van der Waals surface area contributed by atoms with Crippen molar-refractivity contribution in [3.8, 4) is 39.9 Å². The summed E-state index contributed by atoms with van der Waals surface area (Å²) >= 11 is 0. The maximum absolute atomic E-state index is 11.3. The number of hydrogen-bond acceptors (Lipinski definition) is 6. The molecule has 0 aliphatic carbocycles. The van der Waals surface area contributed by atoms with Crippen LogP contribution in [0.3, 0.4) is 0 Å². The van der Waals surface area contributed by atoms with Gasteiger partial charge in [-0.05, 0) is 36.4 Å². The molecule has 0 fully saturated rings. The second-order valence-corrected chi connectivity index (χ2v) is 9.21. The van der Waals surface area contributed by atoms with Gasteiger partial charge in [0, 0.05) is 28.3 Å². The first-order valence-electron chi connectivity index (χ1n) is 11.0. The molecule has 3 aromatic heterocycles. The zero-order valence-corrected chi connectivity index (χ0v) is 19.7. The number of aromatic nitrogens is 4. The largest absolute Gasteiger partial charge is 0.496 e. The molecule has 0 spiro atoms. The summed E-state index contributed by atoms with van der Waals surface area (Å²) in [6.45, 7) is 6.21. The van der Waals surface area contributed by atoms with E-state index >= 15 is 0 Å². The molecule has 0 saturated carbocycles. The Kier molecular flexibility index (Phi) is 5.12. The first-order chi connectivity index (χ1) is 16.7. The number of nitrogens with one attached hydrogen (secondary N) is 1.